The number of nitrogens with zero attached hydrogens (tertiary/aromatic N) is 3. The molecule has 0 atom stereocenters. The number of benzene rings is 1. The predicted octanol–water partition coefficient (Wildman–Crippen LogP) is 2.74. The first kappa shape index (κ1) is 16.8. The van der Waals surface area contributed by atoms with Gasteiger partial charge in [-0.2, -0.15) is 5.10 Å². The molecule has 2 aromatic rings. The second kappa shape index (κ2) is 7.21. The predicted molar refractivity (Wildman–Crippen MR) is 87.6 cm³/mol. The van der Waals surface area contributed by atoms with Crippen molar-refractivity contribution in [3.8, 4) is 0 Å². The molecular weight excluding hydrogens is 312 g/mol. The van der Waals surface area contributed by atoms with E-state index >= 15 is 0 Å². The zero-order valence-corrected chi connectivity index (χ0v) is 13.7. The maximum absolute atomic E-state index is 13.7. The quantitative estimate of drug-likeness (QED) is 0.863. The molecule has 0 spiro atoms. The van der Waals surface area contributed by atoms with Crippen LogP contribution in [-0.4, -0.2) is 27.8 Å². The summed E-state index contributed by atoms with van der Waals surface area (Å²) in [6.45, 7) is 4.51. The summed E-state index contributed by atoms with van der Waals surface area (Å²) in [5.41, 5.74) is 1.14. The van der Waals surface area contributed by atoms with Gasteiger partial charge < -0.3 is 0 Å². The van der Waals surface area contributed by atoms with E-state index in [9.17, 15) is 13.6 Å². The lowest BCUT2D eigenvalue weighted by Gasteiger charge is -2.32. The average Bonchev–Trinajstić information content (AvgIpc) is 2.56. The van der Waals surface area contributed by atoms with Crippen LogP contribution in [0.5, 0.6) is 0 Å². The van der Waals surface area contributed by atoms with E-state index in [-0.39, 0.29) is 11.4 Å². The van der Waals surface area contributed by atoms with E-state index in [1.807, 2.05) is 6.92 Å². The van der Waals surface area contributed by atoms with Crippen LogP contribution in [-0.2, 0) is 13.1 Å². The molecule has 2 heterocycles. The Kier molecular flexibility index (Phi) is 5.04. The van der Waals surface area contributed by atoms with Gasteiger partial charge in [-0.05, 0) is 63.0 Å². The summed E-state index contributed by atoms with van der Waals surface area (Å²) in [6.07, 6.45) is 1.83. The highest BCUT2D eigenvalue weighted by molar-refractivity contribution is 5.18. The Morgan fingerprint density at radius 1 is 1.17 bits per heavy atom. The highest BCUT2D eigenvalue weighted by Crippen LogP contribution is 2.21. The number of hydrogen-bond acceptors (Lipinski definition) is 3. The molecule has 0 saturated carbocycles. The summed E-state index contributed by atoms with van der Waals surface area (Å²) in [5, 5.41) is 4.27. The lowest BCUT2D eigenvalue weighted by atomic mass is 9.96. The van der Waals surface area contributed by atoms with Crippen molar-refractivity contribution in [1.82, 2.24) is 14.7 Å². The largest absolute Gasteiger partial charge is 0.299 e. The third-order valence-electron chi connectivity index (χ3n) is 4.54. The van der Waals surface area contributed by atoms with Gasteiger partial charge in [0.05, 0.1) is 5.69 Å². The van der Waals surface area contributed by atoms with Crippen molar-refractivity contribution in [2.75, 3.05) is 13.1 Å². The fraction of sp³-hybridized carbons (Fsp3) is 0.444. The molecule has 0 N–H and O–H groups in total. The summed E-state index contributed by atoms with van der Waals surface area (Å²) in [6, 6.07) is 6.84. The van der Waals surface area contributed by atoms with Gasteiger partial charge in [0.1, 0.15) is 11.6 Å². The Balaban J connectivity index is 1.57. The lowest BCUT2D eigenvalue weighted by Crippen LogP contribution is -2.36. The molecule has 4 nitrogen and oxygen atoms in total. The standard InChI is InChI=1S/C18H21F2N3O/c1-13-2-5-18(24)23(21-13)11-14-6-8-22(9-7-14)12-15-10-16(19)3-4-17(15)20/h2-5,10,14H,6-9,11-12H2,1H3. The first-order valence-corrected chi connectivity index (χ1v) is 8.22. The molecule has 1 aliphatic heterocycles. The molecule has 6 heteroatoms. The first-order chi connectivity index (χ1) is 11.5. The van der Waals surface area contributed by atoms with E-state index in [4.69, 9.17) is 0 Å². The van der Waals surface area contributed by atoms with Gasteiger partial charge in [0.2, 0.25) is 0 Å². The maximum Gasteiger partial charge on any atom is 0.266 e. The van der Waals surface area contributed by atoms with Gasteiger partial charge in [0, 0.05) is 24.7 Å². The fourth-order valence-electron chi connectivity index (χ4n) is 3.16. The number of halogens is 2. The Bertz CT molecular complexity index is 767. The van der Waals surface area contributed by atoms with E-state index in [2.05, 4.69) is 10.00 Å². The zero-order valence-electron chi connectivity index (χ0n) is 13.7. The van der Waals surface area contributed by atoms with Crippen molar-refractivity contribution in [3.63, 3.8) is 0 Å². The van der Waals surface area contributed by atoms with Crippen molar-refractivity contribution >= 4 is 0 Å². The van der Waals surface area contributed by atoms with Crippen molar-refractivity contribution in [1.29, 1.82) is 0 Å². The second-order valence-corrected chi connectivity index (χ2v) is 6.45. The average molecular weight is 333 g/mol. The second-order valence-electron chi connectivity index (χ2n) is 6.45. The third-order valence-corrected chi connectivity index (χ3v) is 4.54. The van der Waals surface area contributed by atoms with Crippen molar-refractivity contribution in [2.24, 2.45) is 5.92 Å². The highest BCUT2D eigenvalue weighted by atomic mass is 19.1. The van der Waals surface area contributed by atoms with Crippen LogP contribution in [0.2, 0.25) is 0 Å². The molecule has 1 aromatic carbocycles. The van der Waals surface area contributed by atoms with Crippen LogP contribution in [0, 0.1) is 24.5 Å². The first-order valence-electron chi connectivity index (χ1n) is 8.22. The summed E-state index contributed by atoms with van der Waals surface area (Å²) < 4.78 is 28.5. The van der Waals surface area contributed by atoms with Crippen LogP contribution in [0.3, 0.4) is 0 Å². The molecule has 0 unspecified atom stereocenters. The van der Waals surface area contributed by atoms with E-state index in [0.29, 0.717) is 24.6 Å². The minimum absolute atomic E-state index is 0.0788. The molecule has 1 saturated heterocycles. The van der Waals surface area contributed by atoms with Gasteiger partial charge in [0.25, 0.3) is 5.56 Å². The molecule has 1 aromatic heterocycles. The van der Waals surface area contributed by atoms with E-state index in [0.717, 1.165) is 37.7 Å². The number of likely N-dealkylation sites (tertiary alicyclic amines) is 1. The summed E-state index contributed by atoms with van der Waals surface area (Å²) >= 11 is 0. The van der Waals surface area contributed by atoms with Crippen LogP contribution in [0.15, 0.2) is 35.1 Å². The lowest BCUT2D eigenvalue weighted by molar-refractivity contribution is 0.161. The Hall–Kier alpha value is -2.08. The number of rotatable bonds is 4. The van der Waals surface area contributed by atoms with Gasteiger partial charge >= 0.3 is 0 Å². The van der Waals surface area contributed by atoms with E-state index in [1.165, 1.54) is 16.8 Å². The van der Waals surface area contributed by atoms with Crippen LogP contribution in [0.1, 0.15) is 24.1 Å². The number of hydrogen-bond donors (Lipinski definition) is 0. The Morgan fingerprint density at radius 3 is 2.67 bits per heavy atom. The van der Waals surface area contributed by atoms with Crippen molar-refractivity contribution in [2.45, 2.75) is 32.9 Å². The van der Waals surface area contributed by atoms with Crippen LogP contribution < -0.4 is 5.56 Å². The number of piperidine rings is 1. The van der Waals surface area contributed by atoms with Crippen molar-refractivity contribution < 1.29 is 8.78 Å². The van der Waals surface area contributed by atoms with Crippen LogP contribution in [0.4, 0.5) is 8.78 Å². The van der Waals surface area contributed by atoms with Crippen molar-refractivity contribution in [3.05, 3.63) is 63.6 Å². The zero-order chi connectivity index (χ0) is 17.1. The topological polar surface area (TPSA) is 38.1 Å². The SMILES string of the molecule is Cc1ccc(=O)n(CC2CCN(Cc3cc(F)ccc3F)CC2)n1. The molecule has 3 rings (SSSR count). The minimum atomic E-state index is -0.411. The van der Waals surface area contributed by atoms with Gasteiger partial charge in [-0.15, -0.1) is 0 Å². The maximum atomic E-state index is 13.7. The summed E-state index contributed by atoms with van der Waals surface area (Å²) in [5.74, 6) is -0.397. The van der Waals surface area contributed by atoms with Gasteiger partial charge in [0.15, 0.2) is 0 Å². The summed E-state index contributed by atoms with van der Waals surface area (Å²) in [4.78, 5) is 14.0. The van der Waals surface area contributed by atoms with E-state index in [1.54, 1.807) is 12.1 Å². The molecule has 0 amide bonds. The molecule has 0 aliphatic carbocycles. The smallest absolute Gasteiger partial charge is 0.266 e. The van der Waals surface area contributed by atoms with Crippen LogP contribution >= 0.6 is 0 Å². The minimum Gasteiger partial charge on any atom is -0.299 e. The Morgan fingerprint density at radius 2 is 1.92 bits per heavy atom. The molecule has 0 radical (unpaired) electrons. The number of aromatic nitrogens is 2. The van der Waals surface area contributed by atoms with Gasteiger partial charge in [-0.25, -0.2) is 13.5 Å². The fourth-order valence-corrected chi connectivity index (χ4v) is 3.16. The van der Waals surface area contributed by atoms with Crippen LogP contribution in [0.25, 0.3) is 0 Å². The highest BCUT2D eigenvalue weighted by Gasteiger charge is 2.21. The molecule has 24 heavy (non-hydrogen) atoms. The van der Waals surface area contributed by atoms with Gasteiger partial charge in [-0.1, -0.05) is 0 Å². The molecule has 1 aliphatic rings. The van der Waals surface area contributed by atoms with Gasteiger partial charge in [-0.3, -0.25) is 9.69 Å². The molecule has 1 fully saturated rings. The van der Waals surface area contributed by atoms with E-state index < -0.39 is 5.82 Å². The monoisotopic (exact) mass is 333 g/mol. The summed E-state index contributed by atoms with van der Waals surface area (Å²) in [7, 11) is 0. The Labute approximate surface area is 139 Å². The molecular formula is C18H21F2N3O. The number of aryl methyl sites for hydroxylation is 1. The normalized spacial score (nSPS) is 16.5. The molecule has 128 valence electrons. The third kappa shape index (κ3) is 4.06. The molecule has 0 bridgehead atoms.